The van der Waals surface area contributed by atoms with Gasteiger partial charge in [-0.2, -0.15) is 0 Å². The molecule has 0 bridgehead atoms. The zero-order chi connectivity index (χ0) is 18.4. The van der Waals surface area contributed by atoms with Crippen LogP contribution in [0.15, 0.2) is 47.5 Å². The SMILES string of the molecule is CCOc1ccc(CCN=CC2C(=O)Nc3ccccc32)cc1OCC. The number of anilines is 1. The van der Waals surface area contributed by atoms with Crippen LogP contribution in [0.1, 0.15) is 30.9 Å². The standard InChI is InChI=1S/C21H24N2O3/c1-3-25-19-10-9-15(13-20(19)26-4-2)11-12-22-14-17-16-7-5-6-8-18(16)23-21(17)24/h5-10,13-14,17H,3-4,11-12H2,1-2H3,(H,23,24). The van der Waals surface area contributed by atoms with E-state index in [1.165, 1.54) is 0 Å². The summed E-state index contributed by atoms with van der Waals surface area (Å²) in [6.07, 6.45) is 2.53. The van der Waals surface area contributed by atoms with Crippen LogP contribution in [0.3, 0.4) is 0 Å². The number of nitrogens with one attached hydrogen (secondary N) is 1. The number of rotatable bonds is 8. The van der Waals surface area contributed by atoms with E-state index in [2.05, 4.69) is 10.3 Å². The molecule has 0 aromatic heterocycles. The summed E-state index contributed by atoms with van der Waals surface area (Å²) >= 11 is 0. The number of nitrogens with zero attached hydrogens (tertiary/aromatic N) is 1. The second-order valence-corrected chi connectivity index (χ2v) is 6.01. The highest BCUT2D eigenvalue weighted by molar-refractivity contribution is 6.12. The average Bonchev–Trinajstić information content (AvgIpc) is 2.96. The molecule has 1 N–H and O–H groups in total. The lowest BCUT2D eigenvalue weighted by Gasteiger charge is -2.12. The molecule has 0 radical (unpaired) electrons. The first-order chi connectivity index (χ1) is 12.7. The third kappa shape index (κ3) is 4.04. The molecule has 2 aromatic carbocycles. The van der Waals surface area contributed by atoms with E-state index in [1.54, 1.807) is 6.21 Å². The Morgan fingerprint density at radius 3 is 2.65 bits per heavy atom. The maximum Gasteiger partial charge on any atom is 0.237 e. The molecule has 0 aliphatic carbocycles. The van der Waals surface area contributed by atoms with Crippen LogP contribution in [-0.2, 0) is 11.2 Å². The number of benzene rings is 2. The first kappa shape index (κ1) is 18.0. The molecule has 1 heterocycles. The lowest BCUT2D eigenvalue weighted by molar-refractivity contribution is -0.115. The van der Waals surface area contributed by atoms with Crippen LogP contribution in [0.25, 0.3) is 0 Å². The summed E-state index contributed by atoms with van der Waals surface area (Å²) < 4.78 is 11.2. The Balaban J connectivity index is 1.62. The summed E-state index contributed by atoms with van der Waals surface area (Å²) in [4.78, 5) is 16.6. The third-order valence-electron chi connectivity index (χ3n) is 4.23. The molecule has 26 heavy (non-hydrogen) atoms. The van der Waals surface area contributed by atoms with E-state index in [0.29, 0.717) is 19.8 Å². The van der Waals surface area contributed by atoms with Crippen LogP contribution >= 0.6 is 0 Å². The Kier molecular flexibility index (Phi) is 5.89. The number of hydrogen-bond donors (Lipinski definition) is 1. The molecule has 3 rings (SSSR count). The van der Waals surface area contributed by atoms with Crippen molar-refractivity contribution in [2.24, 2.45) is 4.99 Å². The van der Waals surface area contributed by atoms with E-state index in [4.69, 9.17) is 9.47 Å². The van der Waals surface area contributed by atoms with E-state index >= 15 is 0 Å². The number of carbonyl (C=O) groups is 1. The predicted molar refractivity (Wildman–Crippen MR) is 104 cm³/mol. The Hall–Kier alpha value is -2.82. The molecule has 1 amide bonds. The predicted octanol–water partition coefficient (Wildman–Crippen LogP) is 3.83. The molecule has 1 aliphatic rings. The van der Waals surface area contributed by atoms with Gasteiger partial charge in [-0.3, -0.25) is 9.79 Å². The van der Waals surface area contributed by atoms with Gasteiger partial charge in [-0.25, -0.2) is 0 Å². The Morgan fingerprint density at radius 1 is 1.08 bits per heavy atom. The van der Waals surface area contributed by atoms with E-state index < -0.39 is 0 Å². The van der Waals surface area contributed by atoms with Gasteiger partial charge in [0.05, 0.1) is 13.2 Å². The zero-order valence-corrected chi connectivity index (χ0v) is 15.2. The fraction of sp³-hybridized carbons (Fsp3) is 0.333. The van der Waals surface area contributed by atoms with Crippen molar-refractivity contribution in [2.45, 2.75) is 26.2 Å². The average molecular weight is 352 g/mol. The number of amides is 1. The maximum absolute atomic E-state index is 12.1. The van der Waals surface area contributed by atoms with Gasteiger partial charge >= 0.3 is 0 Å². The van der Waals surface area contributed by atoms with Gasteiger partial charge in [0.15, 0.2) is 11.5 Å². The molecule has 136 valence electrons. The maximum atomic E-state index is 12.1. The monoisotopic (exact) mass is 352 g/mol. The topological polar surface area (TPSA) is 59.9 Å². The zero-order valence-electron chi connectivity index (χ0n) is 15.2. The van der Waals surface area contributed by atoms with Gasteiger partial charge in [0, 0.05) is 18.4 Å². The van der Waals surface area contributed by atoms with Crippen molar-refractivity contribution in [3.05, 3.63) is 53.6 Å². The minimum Gasteiger partial charge on any atom is -0.490 e. The molecule has 2 aromatic rings. The van der Waals surface area contributed by atoms with Crippen LogP contribution < -0.4 is 14.8 Å². The second-order valence-electron chi connectivity index (χ2n) is 6.01. The van der Waals surface area contributed by atoms with Gasteiger partial charge in [-0.1, -0.05) is 24.3 Å². The van der Waals surface area contributed by atoms with E-state index in [0.717, 1.165) is 34.7 Å². The Morgan fingerprint density at radius 2 is 1.85 bits per heavy atom. The highest BCUT2D eigenvalue weighted by Gasteiger charge is 2.28. The highest BCUT2D eigenvalue weighted by atomic mass is 16.5. The molecule has 5 heteroatoms. The number of ether oxygens (including phenoxy) is 2. The minimum atomic E-state index is -0.300. The first-order valence-corrected chi connectivity index (χ1v) is 9.01. The smallest absolute Gasteiger partial charge is 0.237 e. The number of para-hydroxylation sites is 1. The summed E-state index contributed by atoms with van der Waals surface area (Å²) in [7, 11) is 0. The van der Waals surface area contributed by atoms with Crippen molar-refractivity contribution in [2.75, 3.05) is 25.1 Å². The lowest BCUT2D eigenvalue weighted by Crippen LogP contribution is -2.13. The minimum absolute atomic E-state index is 0.0188. The van der Waals surface area contributed by atoms with Gasteiger partial charge in [0.1, 0.15) is 5.92 Å². The van der Waals surface area contributed by atoms with E-state index in [-0.39, 0.29) is 11.8 Å². The normalized spacial score (nSPS) is 15.8. The molecular formula is C21H24N2O3. The Labute approximate surface area is 154 Å². The molecule has 0 saturated carbocycles. The molecule has 0 spiro atoms. The fourth-order valence-electron chi connectivity index (χ4n) is 3.01. The van der Waals surface area contributed by atoms with Crippen molar-refractivity contribution in [3.63, 3.8) is 0 Å². The highest BCUT2D eigenvalue weighted by Crippen LogP contribution is 2.31. The van der Waals surface area contributed by atoms with Crippen LogP contribution in [0.5, 0.6) is 11.5 Å². The molecular weight excluding hydrogens is 328 g/mol. The number of hydrogen-bond acceptors (Lipinski definition) is 4. The largest absolute Gasteiger partial charge is 0.490 e. The van der Waals surface area contributed by atoms with Gasteiger partial charge < -0.3 is 14.8 Å². The van der Waals surface area contributed by atoms with Crippen molar-refractivity contribution < 1.29 is 14.3 Å². The van der Waals surface area contributed by atoms with Crippen LogP contribution in [0.4, 0.5) is 5.69 Å². The quantitative estimate of drug-likeness (QED) is 0.735. The van der Waals surface area contributed by atoms with Crippen molar-refractivity contribution >= 4 is 17.8 Å². The molecule has 1 unspecified atom stereocenters. The molecule has 1 aliphatic heterocycles. The third-order valence-corrected chi connectivity index (χ3v) is 4.23. The van der Waals surface area contributed by atoms with Gasteiger partial charge in [0.25, 0.3) is 0 Å². The molecule has 0 fully saturated rings. The summed E-state index contributed by atoms with van der Waals surface area (Å²) in [6.45, 7) is 5.73. The van der Waals surface area contributed by atoms with Crippen LogP contribution in [0, 0.1) is 0 Å². The van der Waals surface area contributed by atoms with Gasteiger partial charge in [0.2, 0.25) is 5.91 Å². The molecule has 5 nitrogen and oxygen atoms in total. The van der Waals surface area contributed by atoms with Crippen molar-refractivity contribution in [3.8, 4) is 11.5 Å². The number of aliphatic imine (C=N–C) groups is 1. The van der Waals surface area contributed by atoms with Crippen LogP contribution in [0.2, 0.25) is 0 Å². The van der Waals surface area contributed by atoms with Gasteiger partial charge in [-0.15, -0.1) is 0 Å². The summed E-state index contributed by atoms with van der Waals surface area (Å²) in [5.41, 5.74) is 2.99. The molecule has 1 atom stereocenters. The first-order valence-electron chi connectivity index (χ1n) is 9.01. The lowest BCUT2D eigenvalue weighted by atomic mass is 10.0. The van der Waals surface area contributed by atoms with E-state index in [9.17, 15) is 4.79 Å². The summed E-state index contributed by atoms with van der Waals surface area (Å²) in [5.74, 6) is 1.21. The summed E-state index contributed by atoms with van der Waals surface area (Å²) in [6, 6.07) is 13.7. The number of carbonyl (C=O) groups excluding carboxylic acids is 1. The second kappa shape index (κ2) is 8.52. The van der Waals surface area contributed by atoms with Crippen molar-refractivity contribution in [1.82, 2.24) is 0 Å². The van der Waals surface area contributed by atoms with E-state index in [1.807, 2.05) is 56.3 Å². The molecule has 0 saturated heterocycles. The van der Waals surface area contributed by atoms with Crippen molar-refractivity contribution in [1.29, 1.82) is 0 Å². The Bertz CT molecular complexity index is 802. The fourth-order valence-corrected chi connectivity index (χ4v) is 3.01. The van der Waals surface area contributed by atoms with Gasteiger partial charge in [-0.05, 0) is 49.6 Å². The number of fused-ring (bicyclic) bond motifs is 1. The summed E-state index contributed by atoms with van der Waals surface area (Å²) in [5, 5.41) is 2.89. The van der Waals surface area contributed by atoms with Crippen LogP contribution in [-0.4, -0.2) is 31.9 Å².